The number of nitrogens with one attached hydrogen (secondary N) is 1. The quantitative estimate of drug-likeness (QED) is 0.832. The van der Waals surface area contributed by atoms with Gasteiger partial charge >= 0.3 is 0 Å². The van der Waals surface area contributed by atoms with Gasteiger partial charge in [-0.2, -0.15) is 0 Å². The minimum atomic E-state index is 0.504. The number of nitrogens with zero attached hydrogens (tertiary/aromatic N) is 2. The molecule has 1 heterocycles. The van der Waals surface area contributed by atoms with Crippen LogP contribution in [0.2, 0.25) is 0 Å². The number of rotatable bonds is 7. The van der Waals surface area contributed by atoms with Crippen molar-refractivity contribution in [1.82, 2.24) is 15.1 Å². The zero-order chi connectivity index (χ0) is 15.1. The molecule has 1 aliphatic heterocycles. The summed E-state index contributed by atoms with van der Waals surface area (Å²) in [6, 6.07) is 11.5. The summed E-state index contributed by atoms with van der Waals surface area (Å²) in [5, 5.41) is 3.65. The molecule has 0 amide bonds. The molecule has 3 heteroatoms. The molecule has 21 heavy (non-hydrogen) atoms. The van der Waals surface area contributed by atoms with Gasteiger partial charge in [0, 0.05) is 38.8 Å². The van der Waals surface area contributed by atoms with Gasteiger partial charge in [0.15, 0.2) is 0 Å². The van der Waals surface area contributed by atoms with E-state index in [0.717, 1.165) is 13.1 Å². The zero-order valence-electron chi connectivity index (χ0n) is 13.9. The van der Waals surface area contributed by atoms with Gasteiger partial charge in [0.2, 0.25) is 0 Å². The molecule has 0 bridgehead atoms. The fourth-order valence-corrected chi connectivity index (χ4v) is 3.03. The molecule has 0 aromatic heterocycles. The van der Waals surface area contributed by atoms with E-state index in [1.165, 1.54) is 38.3 Å². The van der Waals surface area contributed by atoms with Crippen LogP contribution in [0, 0.1) is 5.92 Å². The second kappa shape index (κ2) is 8.52. The molecule has 0 radical (unpaired) electrons. The van der Waals surface area contributed by atoms with Crippen LogP contribution >= 0.6 is 0 Å². The molecule has 0 spiro atoms. The molecule has 1 unspecified atom stereocenters. The summed E-state index contributed by atoms with van der Waals surface area (Å²) < 4.78 is 0. The van der Waals surface area contributed by atoms with Crippen molar-refractivity contribution in [3.63, 3.8) is 0 Å². The lowest BCUT2D eigenvalue weighted by Gasteiger charge is -2.39. The molecule has 1 N–H and O–H groups in total. The van der Waals surface area contributed by atoms with Crippen molar-refractivity contribution in [3.8, 4) is 0 Å². The van der Waals surface area contributed by atoms with Crippen molar-refractivity contribution < 1.29 is 0 Å². The van der Waals surface area contributed by atoms with E-state index in [0.29, 0.717) is 12.0 Å². The Labute approximate surface area is 130 Å². The lowest BCUT2D eigenvalue weighted by molar-refractivity contribution is 0.0979. The smallest absolute Gasteiger partial charge is 0.0473 e. The van der Waals surface area contributed by atoms with Crippen LogP contribution in [0.3, 0.4) is 0 Å². The Kier molecular flexibility index (Phi) is 6.68. The molecule has 3 nitrogen and oxygen atoms in total. The molecule has 1 aromatic carbocycles. The predicted molar refractivity (Wildman–Crippen MR) is 90.6 cm³/mol. The molecule has 1 saturated heterocycles. The van der Waals surface area contributed by atoms with E-state index in [1.54, 1.807) is 0 Å². The van der Waals surface area contributed by atoms with Crippen molar-refractivity contribution in [2.24, 2.45) is 5.92 Å². The Balaban J connectivity index is 1.98. The van der Waals surface area contributed by atoms with Crippen molar-refractivity contribution in [2.45, 2.75) is 26.8 Å². The van der Waals surface area contributed by atoms with E-state index >= 15 is 0 Å². The standard InChI is InChI=1S/C18H31N3/c1-4-20-10-12-21(13-11-20)18(15-19-14-16(2)3)17-8-6-5-7-9-17/h5-9,16,18-19H,4,10-15H2,1-3H3. The Morgan fingerprint density at radius 2 is 1.67 bits per heavy atom. The lowest BCUT2D eigenvalue weighted by atomic mass is 10.0. The fourth-order valence-electron chi connectivity index (χ4n) is 3.03. The van der Waals surface area contributed by atoms with Gasteiger partial charge in [0.1, 0.15) is 0 Å². The number of likely N-dealkylation sites (N-methyl/N-ethyl adjacent to an activating group) is 1. The third kappa shape index (κ3) is 5.10. The number of hydrogen-bond donors (Lipinski definition) is 1. The van der Waals surface area contributed by atoms with Gasteiger partial charge in [-0.05, 0) is 24.6 Å². The third-order valence-corrected chi connectivity index (χ3v) is 4.37. The van der Waals surface area contributed by atoms with Gasteiger partial charge < -0.3 is 10.2 Å². The summed E-state index contributed by atoms with van der Waals surface area (Å²) in [5.41, 5.74) is 1.44. The van der Waals surface area contributed by atoms with Crippen LogP contribution in [-0.2, 0) is 0 Å². The topological polar surface area (TPSA) is 18.5 Å². The van der Waals surface area contributed by atoms with Crippen LogP contribution in [0.25, 0.3) is 0 Å². The van der Waals surface area contributed by atoms with Crippen LogP contribution in [0.1, 0.15) is 32.4 Å². The monoisotopic (exact) mass is 289 g/mol. The molecule has 1 aromatic rings. The van der Waals surface area contributed by atoms with Crippen LogP contribution in [-0.4, -0.2) is 55.6 Å². The highest BCUT2D eigenvalue weighted by Crippen LogP contribution is 2.21. The highest BCUT2D eigenvalue weighted by Gasteiger charge is 2.24. The highest BCUT2D eigenvalue weighted by atomic mass is 15.3. The van der Waals surface area contributed by atoms with Crippen molar-refractivity contribution in [1.29, 1.82) is 0 Å². The Morgan fingerprint density at radius 1 is 1.00 bits per heavy atom. The zero-order valence-corrected chi connectivity index (χ0v) is 13.9. The van der Waals surface area contributed by atoms with Gasteiger partial charge in [0.25, 0.3) is 0 Å². The van der Waals surface area contributed by atoms with E-state index in [-0.39, 0.29) is 0 Å². The Bertz CT molecular complexity index is 383. The lowest BCUT2D eigenvalue weighted by Crippen LogP contribution is -2.49. The number of benzene rings is 1. The molecule has 118 valence electrons. The summed E-state index contributed by atoms with van der Waals surface area (Å²) in [7, 11) is 0. The normalized spacial score (nSPS) is 19.0. The Morgan fingerprint density at radius 3 is 2.24 bits per heavy atom. The fraction of sp³-hybridized carbons (Fsp3) is 0.667. The summed E-state index contributed by atoms with van der Waals surface area (Å²) in [4.78, 5) is 5.19. The first-order valence-corrected chi connectivity index (χ1v) is 8.42. The maximum Gasteiger partial charge on any atom is 0.0473 e. The first kappa shape index (κ1) is 16.5. The van der Waals surface area contributed by atoms with Crippen LogP contribution in [0.15, 0.2) is 30.3 Å². The minimum absolute atomic E-state index is 0.504. The second-order valence-corrected chi connectivity index (χ2v) is 6.45. The van der Waals surface area contributed by atoms with Gasteiger partial charge in [-0.25, -0.2) is 0 Å². The predicted octanol–water partition coefficient (Wildman–Crippen LogP) is 2.61. The molecule has 2 rings (SSSR count). The van der Waals surface area contributed by atoms with Crippen molar-refractivity contribution >= 4 is 0 Å². The summed E-state index contributed by atoms with van der Waals surface area (Å²) in [6.07, 6.45) is 0. The van der Waals surface area contributed by atoms with Gasteiger partial charge in [0.05, 0.1) is 0 Å². The van der Waals surface area contributed by atoms with Gasteiger partial charge in [-0.1, -0.05) is 51.1 Å². The van der Waals surface area contributed by atoms with Crippen LogP contribution < -0.4 is 5.32 Å². The summed E-state index contributed by atoms with van der Waals surface area (Å²) in [6.45, 7) is 14.9. The molecule has 0 saturated carbocycles. The van der Waals surface area contributed by atoms with Crippen LogP contribution in [0.5, 0.6) is 0 Å². The van der Waals surface area contributed by atoms with E-state index in [9.17, 15) is 0 Å². The SMILES string of the molecule is CCN1CCN(C(CNCC(C)C)c2ccccc2)CC1. The molecule has 0 aliphatic carbocycles. The van der Waals surface area contributed by atoms with Gasteiger partial charge in [-0.3, -0.25) is 4.90 Å². The number of piperazine rings is 1. The first-order valence-electron chi connectivity index (χ1n) is 8.42. The van der Waals surface area contributed by atoms with Crippen molar-refractivity contribution in [2.75, 3.05) is 45.8 Å². The second-order valence-electron chi connectivity index (χ2n) is 6.45. The average Bonchev–Trinajstić information content (AvgIpc) is 2.52. The highest BCUT2D eigenvalue weighted by molar-refractivity contribution is 5.19. The average molecular weight is 289 g/mol. The third-order valence-electron chi connectivity index (χ3n) is 4.37. The number of hydrogen-bond acceptors (Lipinski definition) is 3. The molecule has 1 fully saturated rings. The van der Waals surface area contributed by atoms with E-state index < -0.39 is 0 Å². The van der Waals surface area contributed by atoms with E-state index in [4.69, 9.17) is 0 Å². The minimum Gasteiger partial charge on any atom is -0.315 e. The maximum absolute atomic E-state index is 3.65. The van der Waals surface area contributed by atoms with Crippen molar-refractivity contribution in [3.05, 3.63) is 35.9 Å². The van der Waals surface area contributed by atoms with Crippen LogP contribution in [0.4, 0.5) is 0 Å². The molecular weight excluding hydrogens is 258 g/mol. The Hall–Kier alpha value is -0.900. The van der Waals surface area contributed by atoms with Gasteiger partial charge in [-0.15, -0.1) is 0 Å². The van der Waals surface area contributed by atoms with E-state index in [2.05, 4.69) is 66.2 Å². The first-order chi connectivity index (χ1) is 10.2. The molecule has 1 aliphatic rings. The molecule has 1 atom stereocenters. The van der Waals surface area contributed by atoms with E-state index in [1.807, 2.05) is 0 Å². The largest absolute Gasteiger partial charge is 0.315 e. The summed E-state index contributed by atoms with van der Waals surface area (Å²) in [5.74, 6) is 0.707. The maximum atomic E-state index is 3.65. The molecular formula is C18H31N3. The summed E-state index contributed by atoms with van der Waals surface area (Å²) >= 11 is 0.